The predicted octanol–water partition coefficient (Wildman–Crippen LogP) is 3.13. The van der Waals surface area contributed by atoms with Crippen LogP contribution in [0.15, 0.2) is 30.3 Å². The molecule has 0 radical (unpaired) electrons. The van der Waals surface area contributed by atoms with E-state index in [1.165, 1.54) is 12.1 Å². The minimum atomic E-state index is -4.68. The van der Waals surface area contributed by atoms with E-state index in [4.69, 9.17) is 0 Å². The number of alkyl halides is 3. The van der Waals surface area contributed by atoms with Gasteiger partial charge >= 0.3 is 6.36 Å². The molecule has 1 aromatic heterocycles. The van der Waals surface area contributed by atoms with Gasteiger partial charge in [0.25, 0.3) is 0 Å². The minimum absolute atomic E-state index is 0.234. The third-order valence-electron chi connectivity index (χ3n) is 4.03. The molecule has 0 bridgehead atoms. The van der Waals surface area contributed by atoms with Crippen molar-refractivity contribution in [3.63, 3.8) is 0 Å². The monoisotopic (exact) mass is 354 g/mol. The summed E-state index contributed by atoms with van der Waals surface area (Å²) in [6.07, 6.45) is -2.88. The van der Waals surface area contributed by atoms with Crippen molar-refractivity contribution in [2.45, 2.75) is 26.1 Å². The van der Waals surface area contributed by atoms with E-state index in [0.717, 1.165) is 56.2 Å². The van der Waals surface area contributed by atoms with E-state index in [1.54, 1.807) is 16.8 Å². The van der Waals surface area contributed by atoms with Gasteiger partial charge < -0.3 is 15.0 Å². The Hall–Kier alpha value is -2.22. The molecule has 1 N–H and O–H groups in total. The second-order valence-electron chi connectivity index (χ2n) is 5.93. The number of aromatic nitrogens is 2. The lowest BCUT2D eigenvalue weighted by Crippen LogP contribution is -2.43. The van der Waals surface area contributed by atoms with Crippen LogP contribution < -0.4 is 15.0 Å². The summed E-state index contributed by atoms with van der Waals surface area (Å²) in [6.45, 7) is 5.70. The Morgan fingerprint density at radius 1 is 1.16 bits per heavy atom. The maximum Gasteiger partial charge on any atom is 0.573 e. The highest BCUT2D eigenvalue weighted by molar-refractivity contribution is 5.45. The van der Waals surface area contributed by atoms with Gasteiger partial charge in [0.1, 0.15) is 5.75 Å². The molecule has 1 aliphatic rings. The van der Waals surface area contributed by atoms with Gasteiger partial charge in [0.2, 0.25) is 0 Å². The summed E-state index contributed by atoms with van der Waals surface area (Å²) in [7, 11) is 0. The number of ether oxygens (including phenoxy) is 1. The molecule has 1 saturated heterocycles. The molecule has 1 fully saturated rings. The molecule has 2 aromatic rings. The molecule has 0 unspecified atom stereocenters. The van der Waals surface area contributed by atoms with Gasteiger partial charge in [-0.05, 0) is 30.7 Å². The quantitative estimate of drug-likeness (QED) is 0.896. The number of hydrogen-bond acceptors (Lipinski definition) is 4. The third kappa shape index (κ3) is 4.45. The normalized spacial score (nSPS) is 15.4. The van der Waals surface area contributed by atoms with E-state index in [-0.39, 0.29) is 5.75 Å². The summed E-state index contributed by atoms with van der Waals surface area (Å²) in [5.41, 5.74) is 1.76. The zero-order chi connectivity index (χ0) is 17.9. The summed E-state index contributed by atoms with van der Waals surface area (Å²) >= 11 is 0. The number of nitrogens with zero attached hydrogens (tertiary/aromatic N) is 3. The first-order valence-electron chi connectivity index (χ1n) is 8.37. The van der Waals surface area contributed by atoms with Crippen molar-refractivity contribution in [2.24, 2.45) is 0 Å². The first kappa shape index (κ1) is 17.6. The highest BCUT2D eigenvalue weighted by atomic mass is 19.4. The van der Waals surface area contributed by atoms with E-state index in [2.05, 4.69) is 33.0 Å². The lowest BCUT2D eigenvalue weighted by molar-refractivity contribution is -0.274. The SMILES string of the molecule is CCCc1cc(N2CCNCC2)nn1-c1ccc(OC(F)(F)F)cc1. The Bertz CT molecular complexity index is 691. The summed E-state index contributed by atoms with van der Waals surface area (Å²) in [6, 6.07) is 7.87. The summed E-state index contributed by atoms with van der Waals surface area (Å²) in [5, 5.41) is 7.98. The molecule has 0 saturated carbocycles. The molecule has 1 aromatic carbocycles. The Kier molecular flexibility index (Phi) is 5.17. The Balaban J connectivity index is 1.85. The predicted molar refractivity (Wildman–Crippen MR) is 89.3 cm³/mol. The third-order valence-corrected chi connectivity index (χ3v) is 4.03. The highest BCUT2D eigenvalue weighted by Gasteiger charge is 2.31. The molecule has 3 rings (SSSR count). The Labute approximate surface area is 144 Å². The molecule has 0 spiro atoms. The van der Waals surface area contributed by atoms with Crippen molar-refractivity contribution in [3.05, 3.63) is 36.0 Å². The van der Waals surface area contributed by atoms with Crippen molar-refractivity contribution in [2.75, 3.05) is 31.1 Å². The molecule has 136 valence electrons. The van der Waals surface area contributed by atoms with Crippen LogP contribution in [0.4, 0.5) is 19.0 Å². The largest absolute Gasteiger partial charge is 0.573 e. The average molecular weight is 354 g/mol. The van der Waals surface area contributed by atoms with Gasteiger partial charge in [-0.15, -0.1) is 13.2 Å². The number of aryl methyl sites for hydroxylation is 1. The van der Waals surface area contributed by atoms with Crippen LogP contribution in [-0.2, 0) is 6.42 Å². The molecular formula is C17H21F3N4O. The van der Waals surface area contributed by atoms with E-state index in [9.17, 15) is 13.2 Å². The number of rotatable bonds is 5. The first-order chi connectivity index (χ1) is 12.0. The topological polar surface area (TPSA) is 42.3 Å². The molecule has 25 heavy (non-hydrogen) atoms. The number of halogens is 3. The molecule has 0 aliphatic carbocycles. The molecule has 0 atom stereocenters. The van der Waals surface area contributed by atoms with Gasteiger partial charge in [-0.2, -0.15) is 5.10 Å². The van der Waals surface area contributed by atoms with Crippen LogP contribution in [-0.4, -0.2) is 42.3 Å². The average Bonchev–Trinajstić information content (AvgIpc) is 2.99. The fraction of sp³-hybridized carbons (Fsp3) is 0.471. The van der Waals surface area contributed by atoms with Crippen LogP contribution in [0.2, 0.25) is 0 Å². The van der Waals surface area contributed by atoms with Crippen molar-refractivity contribution in [1.29, 1.82) is 0 Å². The maximum atomic E-state index is 12.3. The van der Waals surface area contributed by atoms with Gasteiger partial charge in [-0.3, -0.25) is 0 Å². The summed E-state index contributed by atoms with van der Waals surface area (Å²) in [5.74, 6) is 0.670. The summed E-state index contributed by atoms with van der Waals surface area (Å²) in [4.78, 5) is 2.22. The maximum absolute atomic E-state index is 12.3. The van der Waals surface area contributed by atoms with E-state index < -0.39 is 6.36 Å². The second-order valence-corrected chi connectivity index (χ2v) is 5.93. The fourth-order valence-electron chi connectivity index (χ4n) is 2.90. The molecule has 1 aliphatic heterocycles. The van der Waals surface area contributed by atoms with E-state index >= 15 is 0 Å². The molecular weight excluding hydrogens is 333 g/mol. The number of anilines is 1. The van der Waals surface area contributed by atoms with Crippen LogP contribution >= 0.6 is 0 Å². The second kappa shape index (κ2) is 7.35. The molecule has 2 heterocycles. The number of nitrogens with one attached hydrogen (secondary N) is 1. The molecule has 5 nitrogen and oxygen atoms in total. The number of hydrogen-bond donors (Lipinski definition) is 1. The van der Waals surface area contributed by atoms with Crippen LogP contribution in [0, 0.1) is 0 Å². The minimum Gasteiger partial charge on any atom is -0.406 e. The number of benzene rings is 1. The van der Waals surface area contributed by atoms with Gasteiger partial charge in [0.05, 0.1) is 5.69 Å². The lowest BCUT2D eigenvalue weighted by Gasteiger charge is -2.27. The standard InChI is InChI=1S/C17H21F3N4O/c1-2-3-14-12-16(23-10-8-21-9-11-23)22-24(14)13-4-6-15(7-5-13)25-17(18,19)20/h4-7,12,21H,2-3,8-11H2,1H3. The smallest absolute Gasteiger partial charge is 0.406 e. The van der Waals surface area contributed by atoms with Crippen molar-refractivity contribution in [1.82, 2.24) is 15.1 Å². The summed E-state index contributed by atoms with van der Waals surface area (Å²) < 4.78 is 42.6. The molecule has 0 amide bonds. The number of piperazine rings is 1. The van der Waals surface area contributed by atoms with Gasteiger partial charge in [-0.1, -0.05) is 13.3 Å². The molecule has 8 heteroatoms. The van der Waals surface area contributed by atoms with Crippen molar-refractivity contribution in [3.8, 4) is 11.4 Å². The zero-order valence-corrected chi connectivity index (χ0v) is 14.0. The van der Waals surface area contributed by atoms with Gasteiger partial charge in [0, 0.05) is 37.9 Å². The van der Waals surface area contributed by atoms with Gasteiger partial charge in [-0.25, -0.2) is 4.68 Å². The fourth-order valence-corrected chi connectivity index (χ4v) is 2.90. The Morgan fingerprint density at radius 3 is 2.44 bits per heavy atom. The van der Waals surface area contributed by atoms with E-state index in [0.29, 0.717) is 0 Å². The van der Waals surface area contributed by atoms with Crippen LogP contribution in [0.25, 0.3) is 5.69 Å². The first-order valence-corrected chi connectivity index (χ1v) is 8.37. The zero-order valence-electron chi connectivity index (χ0n) is 14.0. The van der Waals surface area contributed by atoms with E-state index in [1.807, 2.05) is 0 Å². The van der Waals surface area contributed by atoms with Crippen molar-refractivity contribution < 1.29 is 17.9 Å². The van der Waals surface area contributed by atoms with Crippen LogP contribution in [0.1, 0.15) is 19.0 Å². The van der Waals surface area contributed by atoms with Crippen molar-refractivity contribution >= 4 is 5.82 Å². The van der Waals surface area contributed by atoms with Crippen LogP contribution in [0.5, 0.6) is 5.75 Å². The highest BCUT2D eigenvalue weighted by Crippen LogP contribution is 2.25. The Morgan fingerprint density at radius 2 is 1.84 bits per heavy atom. The lowest BCUT2D eigenvalue weighted by atomic mass is 10.2. The van der Waals surface area contributed by atoms with Crippen LogP contribution in [0.3, 0.4) is 0 Å². The van der Waals surface area contributed by atoms with Gasteiger partial charge in [0.15, 0.2) is 5.82 Å².